The van der Waals surface area contributed by atoms with Crippen LogP contribution in [0.5, 0.6) is 0 Å². The van der Waals surface area contributed by atoms with Gasteiger partial charge in [0.15, 0.2) is 0 Å². The first-order valence-electron chi connectivity index (χ1n) is 19.7. The molecule has 1 saturated heterocycles. The van der Waals surface area contributed by atoms with Crippen LogP contribution in [0, 0.1) is 0 Å². The zero-order chi connectivity index (χ0) is 37.6. The van der Waals surface area contributed by atoms with Crippen LogP contribution in [0.25, 0.3) is 66.8 Å². The molecule has 7 aromatic rings. The second kappa shape index (κ2) is 10.8. The van der Waals surface area contributed by atoms with E-state index in [1.807, 2.05) is 4.90 Å². The van der Waals surface area contributed by atoms with E-state index in [2.05, 4.69) is 181 Å². The quantitative estimate of drug-likeness (QED) is 0.167. The Kier molecular flexibility index (Phi) is 6.38. The van der Waals surface area contributed by atoms with Crippen LogP contribution < -0.4 is 4.90 Å². The van der Waals surface area contributed by atoms with Crippen molar-refractivity contribution in [2.24, 2.45) is 0 Å². The Morgan fingerprint density at radius 3 is 1.07 bits per heavy atom. The Labute approximate surface area is 324 Å². The van der Waals surface area contributed by atoms with Gasteiger partial charge in [-0.2, -0.15) is 0 Å². The summed E-state index contributed by atoms with van der Waals surface area (Å²) >= 11 is 0. The highest BCUT2D eigenvalue weighted by Gasteiger charge is 2.40. The van der Waals surface area contributed by atoms with Gasteiger partial charge in [-0.15, -0.1) is 0 Å². The lowest BCUT2D eigenvalue weighted by Gasteiger charge is -2.25. The lowest BCUT2D eigenvalue weighted by molar-refractivity contribution is -0.109. The first-order valence-corrected chi connectivity index (χ1v) is 19.7. The topological polar surface area (TPSA) is 20.1 Å². The first-order chi connectivity index (χ1) is 26.4. The highest BCUT2D eigenvalue weighted by Crippen LogP contribution is 2.55. The molecule has 0 atom stereocenters. The van der Waals surface area contributed by atoms with Crippen LogP contribution in [0.1, 0.15) is 74.9 Å². The van der Waals surface area contributed by atoms with Crippen LogP contribution in [0.3, 0.4) is 0 Å². The van der Waals surface area contributed by atoms with E-state index in [1.54, 1.807) is 0 Å². The number of hydrogen-bond acceptors (Lipinski definition) is 1. The molecular formula is C53H43NO. The SMILES string of the molecule is CC1(C)c2ccccc2-c2ccc(-c3cc(-c4ccc5c(c4)C(C)(C)c4ccccc4-5)c(N4CC4=O)cc3-c3ccc4c(c3)C(C)(C)c3ccccc3-4)cc21. The Bertz CT molecular complexity index is 2850. The molecule has 1 aliphatic heterocycles. The van der Waals surface area contributed by atoms with Crippen molar-refractivity contribution in [3.63, 3.8) is 0 Å². The lowest BCUT2D eigenvalue weighted by Crippen LogP contribution is -2.15. The van der Waals surface area contributed by atoms with Crippen molar-refractivity contribution < 1.29 is 4.79 Å². The highest BCUT2D eigenvalue weighted by molar-refractivity contribution is 6.15. The second-order valence-corrected chi connectivity index (χ2v) is 17.7. The van der Waals surface area contributed by atoms with Gasteiger partial charge in [-0.3, -0.25) is 4.79 Å². The molecule has 55 heavy (non-hydrogen) atoms. The first kappa shape index (κ1) is 32.4. The van der Waals surface area contributed by atoms with Gasteiger partial charge in [0.2, 0.25) is 5.91 Å². The fraction of sp³-hybridized carbons (Fsp3) is 0.189. The molecule has 1 fully saturated rings. The monoisotopic (exact) mass is 709 g/mol. The van der Waals surface area contributed by atoms with Crippen LogP contribution >= 0.6 is 0 Å². The minimum Gasteiger partial charge on any atom is -0.301 e. The summed E-state index contributed by atoms with van der Waals surface area (Å²) in [4.78, 5) is 15.1. The number of anilines is 1. The van der Waals surface area contributed by atoms with Gasteiger partial charge in [0.1, 0.15) is 6.54 Å². The zero-order valence-corrected chi connectivity index (χ0v) is 32.3. The summed E-state index contributed by atoms with van der Waals surface area (Å²) in [6.07, 6.45) is 0. The predicted octanol–water partition coefficient (Wildman–Crippen LogP) is 13.0. The highest BCUT2D eigenvalue weighted by atomic mass is 16.2. The Balaban J connectivity index is 1.16. The normalized spacial score (nSPS) is 16.9. The van der Waals surface area contributed by atoms with Crippen molar-refractivity contribution in [2.75, 3.05) is 11.4 Å². The maximum absolute atomic E-state index is 13.1. The van der Waals surface area contributed by atoms with Crippen molar-refractivity contribution >= 4 is 11.6 Å². The van der Waals surface area contributed by atoms with E-state index in [4.69, 9.17) is 0 Å². The summed E-state index contributed by atoms with van der Waals surface area (Å²) in [5.41, 5.74) is 23.5. The van der Waals surface area contributed by atoms with Gasteiger partial charge in [-0.25, -0.2) is 0 Å². The molecule has 3 aliphatic carbocycles. The molecule has 0 N–H and O–H groups in total. The van der Waals surface area contributed by atoms with Gasteiger partial charge >= 0.3 is 0 Å². The molecular weight excluding hydrogens is 667 g/mol. The zero-order valence-electron chi connectivity index (χ0n) is 32.3. The van der Waals surface area contributed by atoms with E-state index in [-0.39, 0.29) is 22.2 Å². The molecule has 1 amide bonds. The number of fused-ring (bicyclic) bond motifs is 9. The van der Waals surface area contributed by atoms with Gasteiger partial charge in [-0.05, 0) is 125 Å². The molecule has 0 spiro atoms. The van der Waals surface area contributed by atoms with Crippen LogP contribution in [0.15, 0.2) is 140 Å². The molecule has 266 valence electrons. The van der Waals surface area contributed by atoms with Crippen LogP contribution in [0.4, 0.5) is 5.69 Å². The van der Waals surface area contributed by atoms with Crippen molar-refractivity contribution in [3.8, 4) is 66.8 Å². The Hall–Kier alpha value is -5.99. The number of rotatable bonds is 4. The second-order valence-electron chi connectivity index (χ2n) is 17.7. The average Bonchev–Trinajstić information content (AvgIpc) is 3.76. The van der Waals surface area contributed by atoms with E-state index in [9.17, 15) is 4.79 Å². The van der Waals surface area contributed by atoms with Gasteiger partial charge in [0.25, 0.3) is 0 Å². The minimum atomic E-state index is -0.129. The third-order valence-electron chi connectivity index (χ3n) is 13.6. The molecule has 1 heterocycles. The number of benzene rings is 7. The van der Waals surface area contributed by atoms with Gasteiger partial charge in [-0.1, -0.05) is 151 Å². The Morgan fingerprint density at radius 2 is 0.691 bits per heavy atom. The summed E-state index contributed by atoms with van der Waals surface area (Å²) in [6.45, 7) is 14.5. The minimum absolute atomic E-state index is 0.124. The van der Waals surface area contributed by atoms with E-state index < -0.39 is 0 Å². The summed E-state index contributed by atoms with van der Waals surface area (Å²) in [5, 5.41) is 0. The van der Waals surface area contributed by atoms with E-state index in [0.29, 0.717) is 6.54 Å². The fourth-order valence-electron chi connectivity index (χ4n) is 10.5. The number of nitrogens with zero attached hydrogens (tertiary/aromatic N) is 1. The molecule has 2 nitrogen and oxygen atoms in total. The maximum Gasteiger partial charge on any atom is 0.247 e. The average molecular weight is 710 g/mol. The molecule has 2 heteroatoms. The third-order valence-corrected chi connectivity index (χ3v) is 13.6. The van der Waals surface area contributed by atoms with Crippen molar-refractivity contribution in [1.82, 2.24) is 0 Å². The number of carbonyl (C=O) groups excluding carboxylic acids is 1. The summed E-state index contributed by atoms with van der Waals surface area (Å²) in [6, 6.07) is 52.3. The summed E-state index contributed by atoms with van der Waals surface area (Å²) in [7, 11) is 0. The largest absolute Gasteiger partial charge is 0.301 e. The molecule has 0 saturated carbocycles. The third kappa shape index (κ3) is 4.40. The van der Waals surface area contributed by atoms with Crippen molar-refractivity contribution in [2.45, 2.75) is 57.8 Å². The standard InChI is InChI=1S/C53H43NO/c1-51(2)43-16-10-7-13-34(43)37-22-19-31(25-46(37)51)40-28-42(33-21-24-39-36-15-9-12-18-45(36)53(5,6)48(39)27-33)49(54-30-50(54)55)29-41(40)32-20-23-38-35-14-8-11-17-44(35)52(3,4)47(38)26-32/h7-29H,30H2,1-6H3. The van der Waals surface area contributed by atoms with E-state index in [1.165, 1.54) is 83.5 Å². The van der Waals surface area contributed by atoms with Crippen LogP contribution in [-0.2, 0) is 21.0 Å². The fourth-order valence-corrected chi connectivity index (χ4v) is 10.5. The van der Waals surface area contributed by atoms with Gasteiger partial charge in [0, 0.05) is 21.8 Å². The molecule has 0 radical (unpaired) electrons. The Morgan fingerprint density at radius 1 is 0.364 bits per heavy atom. The number of carbonyl (C=O) groups is 1. The molecule has 0 bridgehead atoms. The van der Waals surface area contributed by atoms with Crippen LogP contribution in [-0.4, -0.2) is 12.5 Å². The number of hydrogen-bond donors (Lipinski definition) is 0. The molecule has 7 aromatic carbocycles. The van der Waals surface area contributed by atoms with Crippen LogP contribution in [0.2, 0.25) is 0 Å². The van der Waals surface area contributed by atoms with Crippen molar-refractivity contribution in [1.29, 1.82) is 0 Å². The van der Waals surface area contributed by atoms with Gasteiger partial charge in [0.05, 0.1) is 5.69 Å². The summed E-state index contributed by atoms with van der Waals surface area (Å²) in [5.74, 6) is 0.163. The van der Waals surface area contributed by atoms with E-state index in [0.717, 1.165) is 22.4 Å². The molecule has 0 unspecified atom stereocenters. The predicted molar refractivity (Wildman–Crippen MR) is 228 cm³/mol. The van der Waals surface area contributed by atoms with Gasteiger partial charge < -0.3 is 4.90 Å². The smallest absolute Gasteiger partial charge is 0.247 e. The van der Waals surface area contributed by atoms with Crippen molar-refractivity contribution in [3.05, 3.63) is 173 Å². The summed E-state index contributed by atoms with van der Waals surface area (Å²) < 4.78 is 0. The molecule has 11 rings (SSSR count). The number of amides is 1. The van der Waals surface area contributed by atoms with E-state index >= 15 is 0 Å². The maximum atomic E-state index is 13.1. The molecule has 4 aliphatic rings. The molecule has 0 aromatic heterocycles. The lowest BCUT2D eigenvalue weighted by atomic mass is 9.79.